The second-order valence-electron chi connectivity index (χ2n) is 8.35. The summed E-state index contributed by atoms with van der Waals surface area (Å²) in [6, 6.07) is 7.55. The monoisotopic (exact) mass is 396 g/mol. The number of aliphatic hydroxyl groups is 1. The van der Waals surface area contributed by atoms with Crippen molar-refractivity contribution in [2.24, 2.45) is 0 Å². The number of esters is 1. The first-order valence-corrected chi connectivity index (χ1v) is 9.88. The standard InChI is InChI=1S/C22H24N2O5/c1-28-14-4-3-12-8-18-22(27)10-13-7-15(20(26)29-2)19(25)24-17(13)11-21(22,5-6-23-18)16(12)9-14/h3-4,7,9,18,23,27H,5-6,8,10-11H2,1-2H3,(H,24,25)/t18-,21?,22-/m1/s1. The predicted octanol–water partition coefficient (Wildman–Crippen LogP) is 0.856. The number of pyridine rings is 1. The Labute approximate surface area is 168 Å². The molecule has 1 unspecified atom stereocenters. The minimum Gasteiger partial charge on any atom is -0.497 e. The molecular formula is C22H24N2O5. The number of methoxy groups -OCH3 is 2. The van der Waals surface area contributed by atoms with Crippen molar-refractivity contribution in [3.05, 3.63) is 62.6 Å². The number of ether oxygens (including phenoxy) is 2. The Hall–Kier alpha value is -2.64. The lowest BCUT2D eigenvalue weighted by molar-refractivity contribution is -0.106. The van der Waals surface area contributed by atoms with Gasteiger partial charge in [0.2, 0.25) is 0 Å². The highest BCUT2D eigenvalue weighted by Crippen LogP contribution is 2.55. The summed E-state index contributed by atoms with van der Waals surface area (Å²) >= 11 is 0. The lowest BCUT2D eigenvalue weighted by Gasteiger charge is -2.61. The molecule has 2 bridgehead atoms. The lowest BCUT2D eigenvalue weighted by Crippen LogP contribution is -2.73. The largest absolute Gasteiger partial charge is 0.497 e. The average Bonchev–Trinajstić information content (AvgIpc) is 2.71. The van der Waals surface area contributed by atoms with Crippen LogP contribution in [-0.4, -0.2) is 48.5 Å². The zero-order chi connectivity index (χ0) is 20.4. The van der Waals surface area contributed by atoms with Crippen molar-refractivity contribution in [2.75, 3.05) is 20.8 Å². The normalized spacial score (nSPS) is 29.3. The fraction of sp³-hybridized carbons (Fsp3) is 0.455. The number of hydrogen-bond acceptors (Lipinski definition) is 6. The van der Waals surface area contributed by atoms with Crippen molar-refractivity contribution in [2.45, 2.75) is 42.7 Å². The molecule has 152 valence electrons. The van der Waals surface area contributed by atoms with E-state index in [1.165, 1.54) is 12.7 Å². The van der Waals surface area contributed by atoms with E-state index in [0.29, 0.717) is 12.8 Å². The number of aromatic nitrogens is 1. The van der Waals surface area contributed by atoms with Gasteiger partial charge in [0.15, 0.2) is 0 Å². The van der Waals surface area contributed by atoms with Crippen molar-refractivity contribution in [3.63, 3.8) is 0 Å². The van der Waals surface area contributed by atoms with E-state index < -0.39 is 22.5 Å². The molecule has 1 fully saturated rings. The number of rotatable bonds is 2. The van der Waals surface area contributed by atoms with E-state index in [2.05, 4.69) is 16.4 Å². The van der Waals surface area contributed by atoms with Crippen LogP contribution in [0, 0.1) is 0 Å². The molecule has 2 aliphatic carbocycles. The number of fused-ring (bicyclic) bond motifs is 2. The average molecular weight is 396 g/mol. The molecule has 1 aromatic carbocycles. The second kappa shape index (κ2) is 6.18. The summed E-state index contributed by atoms with van der Waals surface area (Å²) in [7, 11) is 2.89. The van der Waals surface area contributed by atoms with Gasteiger partial charge in [-0.1, -0.05) is 6.07 Å². The van der Waals surface area contributed by atoms with Crippen molar-refractivity contribution >= 4 is 5.97 Å². The van der Waals surface area contributed by atoms with Gasteiger partial charge in [-0.15, -0.1) is 0 Å². The van der Waals surface area contributed by atoms with Gasteiger partial charge >= 0.3 is 5.97 Å². The van der Waals surface area contributed by atoms with E-state index in [0.717, 1.165) is 42.0 Å². The molecule has 7 heteroatoms. The molecule has 3 atom stereocenters. The van der Waals surface area contributed by atoms with Crippen LogP contribution in [0.4, 0.5) is 0 Å². The molecule has 7 nitrogen and oxygen atoms in total. The lowest BCUT2D eigenvalue weighted by atomic mass is 9.50. The third kappa shape index (κ3) is 2.37. The van der Waals surface area contributed by atoms with E-state index in [1.807, 2.05) is 12.1 Å². The number of carbonyl (C=O) groups excluding carboxylic acids is 1. The van der Waals surface area contributed by atoms with Crippen molar-refractivity contribution in [1.82, 2.24) is 10.3 Å². The van der Waals surface area contributed by atoms with E-state index in [4.69, 9.17) is 9.47 Å². The first-order chi connectivity index (χ1) is 13.9. The van der Waals surface area contributed by atoms with Crippen LogP contribution < -0.4 is 15.6 Å². The minimum atomic E-state index is -1.02. The third-order valence-corrected chi connectivity index (χ3v) is 7.16. The number of piperidine rings is 1. The molecular weight excluding hydrogens is 372 g/mol. The summed E-state index contributed by atoms with van der Waals surface area (Å²) in [6.45, 7) is 0.795. The van der Waals surface area contributed by atoms with E-state index in [-0.39, 0.29) is 11.6 Å². The SMILES string of the molecule is COC(=O)c1cc2c([nH]c1=O)CC13CCN[C@H](Cc4ccc(OC)cc41)[C@]3(O)C2. The Morgan fingerprint density at radius 2 is 2.03 bits per heavy atom. The minimum absolute atomic E-state index is 0.0261. The molecule has 0 amide bonds. The Morgan fingerprint density at radius 3 is 2.79 bits per heavy atom. The summed E-state index contributed by atoms with van der Waals surface area (Å²) in [4.78, 5) is 27.4. The van der Waals surface area contributed by atoms with Crippen molar-refractivity contribution in [3.8, 4) is 5.75 Å². The molecule has 29 heavy (non-hydrogen) atoms. The smallest absolute Gasteiger partial charge is 0.343 e. The maximum Gasteiger partial charge on any atom is 0.343 e. The van der Waals surface area contributed by atoms with Crippen molar-refractivity contribution < 1.29 is 19.4 Å². The number of benzene rings is 1. The zero-order valence-electron chi connectivity index (χ0n) is 16.5. The van der Waals surface area contributed by atoms with Crippen LogP contribution in [0.5, 0.6) is 5.75 Å². The fourth-order valence-electron chi connectivity index (χ4n) is 5.72. The van der Waals surface area contributed by atoms with Crippen LogP contribution in [0.1, 0.15) is 39.2 Å². The van der Waals surface area contributed by atoms with Crippen LogP contribution in [0.2, 0.25) is 0 Å². The highest BCUT2D eigenvalue weighted by molar-refractivity contribution is 5.89. The van der Waals surface area contributed by atoms with Gasteiger partial charge < -0.3 is 24.9 Å². The number of hydrogen-bond donors (Lipinski definition) is 3. The van der Waals surface area contributed by atoms with E-state index in [1.54, 1.807) is 13.2 Å². The molecule has 3 N–H and O–H groups in total. The molecule has 1 aliphatic heterocycles. The highest BCUT2D eigenvalue weighted by atomic mass is 16.5. The summed E-state index contributed by atoms with van der Waals surface area (Å²) in [5.74, 6) is 0.0937. The number of nitrogens with one attached hydrogen (secondary N) is 2. The Balaban J connectivity index is 1.72. The predicted molar refractivity (Wildman–Crippen MR) is 106 cm³/mol. The van der Waals surface area contributed by atoms with Gasteiger partial charge in [-0.3, -0.25) is 4.79 Å². The van der Waals surface area contributed by atoms with E-state index >= 15 is 0 Å². The second-order valence-corrected chi connectivity index (χ2v) is 8.35. The maximum absolute atomic E-state index is 12.5. The topological polar surface area (TPSA) is 101 Å². The van der Waals surface area contributed by atoms with Crippen LogP contribution in [0.25, 0.3) is 0 Å². The van der Waals surface area contributed by atoms with Crippen LogP contribution in [0.3, 0.4) is 0 Å². The fourth-order valence-corrected chi connectivity index (χ4v) is 5.72. The van der Waals surface area contributed by atoms with E-state index in [9.17, 15) is 14.7 Å². The van der Waals surface area contributed by atoms with Crippen LogP contribution in [-0.2, 0) is 29.4 Å². The Bertz CT molecular complexity index is 1080. The van der Waals surface area contributed by atoms with Gasteiger partial charge in [-0.2, -0.15) is 0 Å². The van der Waals surface area contributed by atoms with Gasteiger partial charge in [0.25, 0.3) is 5.56 Å². The third-order valence-electron chi connectivity index (χ3n) is 7.16. The number of carbonyl (C=O) groups is 1. The molecule has 2 heterocycles. The molecule has 5 rings (SSSR count). The summed E-state index contributed by atoms with van der Waals surface area (Å²) in [6.07, 6.45) is 2.34. The van der Waals surface area contributed by atoms with Crippen molar-refractivity contribution in [1.29, 1.82) is 0 Å². The summed E-state index contributed by atoms with van der Waals surface area (Å²) in [5.41, 5.74) is 1.85. The molecule has 0 spiro atoms. The first-order valence-electron chi connectivity index (χ1n) is 9.88. The summed E-state index contributed by atoms with van der Waals surface area (Å²) < 4.78 is 10.2. The van der Waals surface area contributed by atoms with Gasteiger partial charge in [-0.05, 0) is 54.3 Å². The molecule has 2 aromatic rings. The molecule has 3 aliphatic rings. The molecule has 0 saturated carbocycles. The molecule has 1 aromatic heterocycles. The van der Waals surface area contributed by atoms with Gasteiger partial charge in [-0.25, -0.2) is 4.79 Å². The summed E-state index contributed by atoms with van der Waals surface area (Å²) in [5, 5.41) is 15.6. The molecule has 0 radical (unpaired) electrons. The van der Waals surface area contributed by atoms with Gasteiger partial charge in [0, 0.05) is 30.0 Å². The maximum atomic E-state index is 12.5. The highest BCUT2D eigenvalue weighted by Gasteiger charge is 2.62. The van der Waals surface area contributed by atoms with Crippen LogP contribution in [0.15, 0.2) is 29.1 Å². The number of aromatic amines is 1. The van der Waals surface area contributed by atoms with Gasteiger partial charge in [0.1, 0.15) is 11.3 Å². The Morgan fingerprint density at radius 1 is 1.21 bits per heavy atom. The zero-order valence-corrected chi connectivity index (χ0v) is 16.5. The first kappa shape index (κ1) is 18.4. The number of H-pyrrole nitrogens is 1. The van der Waals surface area contributed by atoms with Gasteiger partial charge in [0.05, 0.1) is 19.8 Å². The molecule has 1 saturated heterocycles. The van der Waals surface area contributed by atoms with Crippen LogP contribution >= 0.6 is 0 Å². The quantitative estimate of drug-likeness (QED) is 0.651. The Kier molecular flexibility index (Phi) is 3.92.